The van der Waals surface area contributed by atoms with Crippen LogP contribution in [-0.2, 0) is 29.1 Å². The van der Waals surface area contributed by atoms with Gasteiger partial charge in [-0.25, -0.2) is 0 Å². The molecule has 2 aliphatic carbocycles. The van der Waals surface area contributed by atoms with E-state index in [2.05, 4.69) is 18.2 Å². The number of ether oxygens (including phenoxy) is 3. The highest BCUT2D eigenvalue weighted by atomic mass is 35.5. The average molecular weight is 599 g/mol. The van der Waals surface area contributed by atoms with Crippen LogP contribution >= 0.6 is 11.6 Å². The van der Waals surface area contributed by atoms with Crippen molar-refractivity contribution in [3.8, 4) is 5.75 Å². The van der Waals surface area contributed by atoms with Crippen LogP contribution in [0.15, 0.2) is 103 Å². The number of rotatable bonds is 11. The number of aliphatic hydroxyl groups is 2. The standard InChI is InChI=1S/C37H39ClO5/c1-2-41-29-16-13-24(14-17-29)19-28-20-27(15-18-31(28)38)33-35(40)30-21-32(39)34(30)37(43-23-26-11-7-4-8-12-26)36(33)42-22-25-9-5-3-6-10-25/h3-18,20,30,32-37,39-40H,2,19,21-23H2,1H3/t30-,32?,33+,34?,35?,36+,37-/m1/s1. The van der Waals surface area contributed by atoms with Gasteiger partial charge in [0.15, 0.2) is 0 Å². The maximum Gasteiger partial charge on any atom is 0.119 e. The molecule has 4 aromatic carbocycles. The summed E-state index contributed by atoms with van der Waals surface area (Å²) in [5.74, 6) is 0.206. The molecule has 2 aliphatic rings. The first kappa shape index (κ1) is 29.9. The van der Waals surface area contributed by atoms with Gasteiger partial charge in [0.05, 0.1) is 44.2 Å². The molecule has 2 saturated carbocycles. The lowest BCUT2D eigenvalue weighted by atomic mass is 9.56. The molecule has 224 valence electrons. The van der Waals surface area contributed by atoms with E-state index in [4.69, 9.17) is 25.8 Å². The molecule has 6 heteroatoms. The fraction of sp³-hybridized carbons (Fsp3) is 0.351. The Balaban J connectivity index is 1.32. The summed E-state index contributed by atoms with van der Waals surface area (Å²) >= 11 is 6.73. The Hall–Kier alpha value is -3.19. The molecule has 43 heavy (non-hydrogen) atoms. The minimum atomic E-state index is -0.690. The van der Waals surface area contributed by atoms with Gasteiger partial charge >= 0.3 is 0 Å². The van der Waals surface area contributed by atoms with Crippen molar-refractivity contribution >= 4 is 11.6 Å². The van der Waals surface area contributed by atoms with Crippen LogP contribution in [0.1, 0.15) is 47.1 Å². The lowest BCUT2D eigenvalue weighted by Gasteiger charge is -2.57. The van der Waals surface area contributed by atoms with Gasteiger partial charge < -0.3 is 24.4 Å². The van der Waals surface area contributed by atoms with Gasteiger partial charge in [-0.1, -0.05) is 96.5 Å². The average Bonchev–Trinajstić information content (AvgIpc) is 3.03. The highest BCUT2D eigenvalue weighted by Gasteiger charge is 2.59. The smallest absolute Gasteiger partial charge is 0.119 e. The highest BCUT2D eigenvalue weighted by molar-refractivity contribution is 6.31. The minimum absolute atomic E-state index is 0.0809. The van der Waals surface area contributed by atoms with E-state index < -0.39 is 24.4 Å². The van der Waals surface area contributed by atoms with Crippen LogP contribution in [0.2, 0.25) is 5.02 Å². The molecule has 4 aromatic rings. The second kappa shape index (κ2) is 13.6. The van der Waals surface area contributed by atoms with Gasteiger partial charge in [-0.15, -0.1) is 0 Å². The summed E-state index contributed by atoms with van der Waals surface area (Å²) in [6.45, 7) is 3.37. The van der Waals surface area contributed by atoms with E-state index in [0.717, 1.165) is 33.6 Å². The van der Waals surface area contributed by atoms with Gasteiger partial charge in [-0.2, -0.15) is 0 Å². The molecule has 0 bridgehead atoms. The number of halogens is 1. The lowest BCUT2D eigenvalue weighted by Crippen LogP contribution is -2.64. The number of aliphatic hydroxyl groups excluding tert-OH is 2. The van der Waals surface area contributed by atoms with Crippen LogP contribution in [0, 0.1) is 11.8 Å². The Morgan fingerprint density at radius 1 is 0.744 bits per heavy atom. The first-order valence-electron chi connectivity index (χ1n) is 15.2. The van der Waals surface area contributed by atoms with Gasteiger partial charge in [-0.3, -0.25) is 0 Å². The largest absolute Gasteiger partial charge is 0.494 e. The van der Waals surface area contributed by atoms with Crippen molar-refractivity contribution in [2.45, 2.75) is 63.3 Å². The molecule has 0 heterocycles. The normalized spacial score (nSPS) is 26.4. The van der Waals surface area contributed by atoms with Gasteiger partial charge in [0.2, 0.25) is 0 Å². The van der Waals surface area contributed by atoms with Crippen LogP contribution in [-0.4, -0.2) is 41.2 Å². The van der Waals surface area contributed by atoms with Crippen molar-refractivity contribution in [3.05, 3.63) is 136 Å². The van der Waals surface area contributed by atoms with Crippen LogP contribution in [0.25, 0.3) is 0 Å². The highest BCUT2D eigenvalue weighted by Crippen LogP contribution is 2.52. The van der Waals surface area contributed by atoms with Crippen LogP contribution < -0.4 is 4.74 Å². The molecule has 3 unspecified atom stereocenters. The SMILES string of the molecule is CCOc1ccc(Cc2cc([C@H]3C(O)[C@@H]4CC(O)C4[C@@H](OCc4ccccc4)[C@H]3OCc3ccccc3)ccc2Cl)cc1. The Kier molecular flexibility index (Phi) is 9.46. The van der Waals surface area contributed by atoms with Gasteiger partial charge in [0.1, 0.15) is 5.75 Å². The first-order chi connectivity index (χ1) is 21.0. The van der Waals surface area contributed by atoms with E-state index in [0.29, 0.717) is 37.7 Å². The van der Waals surface area contributed by atoms with E-state index in [1.54, 1.807) is 0 Å². The zero-order chi connectivity index (χ0) is 29.8. The zero-order valence-electron chi connectivity index (χ0n) is 24.4. The zero-order valence-corrected chi connectivity index (χ0v) is 25.1. The van der Waals surface area contributed by atoms with E-state index in [1.807, 2.05) is 91.9 Å². The monoisotopic (exact) mass is 598 g/mol. The fourth-order valence-corrected chi connectivity index (χ4v) is 6.93. The fourth-order valence-electron chi connectivity index (χ4n) is 6.75. The topological polar surface area (TPSA) is 68.2 Å². The van der Waals surface area contributed by atoms with E-state index in [-0.39, 0.29) is 17.8 Å². The first-order valence-corrected chi connectivity index (χ1v) is 15.6. The van der Waals surface area contributed by atoms with Crippen LogP contribution in [0.3, 0.4) is 0 Å². The second-order valence-electron chi connectivity index (χ2n) is 11.7. The Labute approximate surface area is 259 Å². The molecule has 0 radical (unpaired) electrons. The number of hydrogen-bond acceptors (Lipinski definition) is 5. The molecular formula is C37H39ClO5. The van der Waals surface area contributed by atoms with Gasteiger partial charge in [0, 0.05) is 16.9 Å². The summed E-state index contributed by atoms with van der Waals surface area (Å²) in [5, 5.41) is 23.4. The van der Waals surface area contributed by atoms with E-state index >= 15 is 0 Å². The molecule has 2 fully saturated rings. The molecule has 7 atom stereocenters. The number of benzene rings is 4. The van der Waals surface area contributed by atoms with Crippen molar-refractivity contribution in [2.75, 3.05) is 6.61 Å². The van der Waals surface area contributed by atoms with Crippen molar-refractivity contribution < 1.29 is 24.4 Å². The summed E-state index contributed by atoms with van der Waals surface area (Å²) < 4.78 is 18.9. The third-order valence-corrected chi connectivity index (χ3v) is 9.34. The molecule has 5 nitrogen and oxygen atoms in total. The Morgan fingerprint density at radius 3 is 1.98 bits per heavy atom. The summed E-state index contributed by atoms with van der Waals surface area (Å²) in [5.41, 5.74) is 5.16. The lowest BCUT2D eigenvalue weighted by molar-refractivity contribution is -0.240. The quantitative estimate of drug-likeness (QED) is 0.195. The third kappa shape index (κ3) is 6.67. The van der Waals surface area contributed by atoms with Crippen molar-refractivity contribution in [2.24, 2.45) is 11.8 Å². The Morgan fingerprint density at radius 2 is 1.37 bits per heavy atom. The summed E-state index contributed by atoms with van der Waals surface area (Å²) in [6, 6.07) is 34.2. The molecule has 0 saturated heterocycles. The van der Waals surface area contributed by atoms with Gasteiger partial charge in [-0.05, 0) is 71.7 Å². The van der Waals surface area contributed by atoms with Crippen molar-refractivity contribution in [3.63, 3.8) is 0 Å². The molecular weight excluding hydrogens is 560 g/mol. The van der Waals surface area contributed by atoms with Crippen LogP contribution in [0.4, 0.5) is 0 Å². The molecule has 0 aliphatic heterocycles. The van der Waals surface area contributed by atoms with E-state index in [9.17, 15) is 10.2 Å². The summed E-state index contributed by atoms with van der Waals surface area (Å²) in [4.78, 5) is 0. The predicted octanol–water partition coefficient (Wildman–Crippen LogP) is 6.96. The predicted molar refractivity (Wildman–Crippen MR) is 168 cm³/mol. The Bertz CT molecular complexity index is 1460. The van der Waals surface area contributed by atoms with Crippen molar-refractivity contribution in [1.82, 2.24) is 0 Å². The number of fused-ring (bicyclic) bond motifs is 1. The maximum atomic E-state index is 11.8. The maximum absolute atomic E-state index is 11.8. The molecule has 0 aromatic heterocycles. The molecule has 2 N–H and O–H groups in total. The van der Waals surface area contributed by atoms with Gasteiger partial charge in [0.25, 0.3) is 0 Å². The molecule has 0 amide bonds. The van der Waals surface area contributed by atoms with Crippen LogP contribution in [0.5, 0.6) is 5.75 Å². The third-order valence-electron chi connectivity index (χ3n) is 8.97. The summed E-state index contributed by atoms with van der Waals surface area (Å²) in [7, 11) is 0. The second-order valence-corrected chi connectivity index (χ2v) is 12.1. The molecule has 0 spiro atoms. The number of hydrogen-bond donors (Lipinski definition) is 2. The molecule has 6 rings (SSSR count). The minimum Gasteiger partial charge on any atom is -0.494 e. The summed E-state index contributed by atoms with van der Waals surface area (Å²) in [6.07, 6.45) is -0.900. The van der Waals surface area contributed by atoms with Crippen molar-refractivity contribution in [1.29, 1.82) is 0 Å². The van der Waals surface area contributed by atoms with E-state index in [1.165, 1.54) is 0 Å².